The third kappa shape index (κ3) is 3.72. The lowest BCUT2D eigenvalue weighted by molar-refractivity contribution is -0.135. The van der Waals surface area contributed by atoms with Crippen molar-refractivity contribution in [2.45, 2.75) is 52.1 Å². The Bertz CT molecular complexity index is 517. The van der Waals surface area contributed by atoms with Gasteiger partial charge >= 0.3 is 0 Å². The summed E-state index contributed by atoms with van der Waals surface area (Å²) in [5.41, 5.74) is 0. The summed E-state index contributed by atoms with van der Waals surface area (Å²) in [5.74, 6) is 1.69. The molecule has 2 aliphatic rings. The molecule has 4 heteroatoms. The second-order valence-corrected chi connectivity index (χ2v) is 8.47. The third-order valence-corrected chi connectivity index (χ3v) is 5.79. The third-order valence-electron chi connectivity index (χ3n) is 4.65. The Kier molecular flexibility index (Phi) is 4.88. The van der Waals surface area contributed by atoms with Crippen LogP contribution in [0.4, 0.5) is 0 Å². The highest BCUT2D eigenvalue weighted by Crippen LogP contribution is 2.50. The zero-order valence-corrected chi connectivity index (χ0v) is 14.7. The SMILES string of the molecule is Cc1ccc([C@@H]2C[C@@H]2C(=O)N2CCC(OCC(C)C)CC2)s1. The van der Waals surface area contributed by atoms with Crippen LogP contribution in [0.15, 0.2) is 12.1 Å². The highest BCUT2D eigenvalue weighted by molar-refractivity contribution is 7.12. The highest BCUT2D eigenvalue weighted by Gasteiger charge is 2.46. The lowest BCUT2D eigenvalue weighted by Gasteiger charge is -2.32. The standard InChI is InChI=1S/C18H27NO2S/c1-12(2)11-21-14-6-8-19(9-7-14)18(20)16-10-15(16)17-5-4-13(3)22-17/h4-5,12,14-16H,6-11H2,1-3H3/t15-,16+/m1/s1. The quantitative estimate of drug-likeness (QED) is 0.825. The van der Waals surface area contributed by atoms with Gasteiger partial charge in [0.25, 0.3) is 0 Å². The first-order valence-electron chi connectivity index (χ1n) is 8.51. The van der Waals surface area contributed by atoms with E-state index in [1.54, 1.807) is 0 Å². The molecule has 1 saturated carbocycles. The van der Waals surface area contributed by atoms with E-state index < -0.39 is 0 Å². The van der Waals surface area contributed by atoms with Crippen LogP contribution in [0.25, 0.3) is 0 Å². The molecule has 1 amide bonds. The van der Waals surface area contributed by atoms with E-state index in [9.17, 15) is 4.79 Å². The molecule has 0 aromatic carbocycles. The maximum atomic E-state index is 12.6. The number of carbonyl (C=O) groups is 1. The van der Waals surface area contributed by atoms with Crippen LogP contribution in [0, 0.1) is 18.8 Å². The fourth-order valence-corrected chi connectivity index (χ4v) is 4.30. The van der Waals surface area contributed by atoms with Gasteiger partial charge in [0.1, 0.15) is 0 Å². The highest BCUT2D eigenvalue weighted by atomic mass is 32.1. The zero-order chi connectivity index (χ0) is 15.7. The van der Waals surface area contributed by atoms with Crippen molar-refractivity contribution in [1.82, 2.24) is 4.90 Å². The van der Waals surface area contributed by atoms with Crippen LogP contribution in [-0.4, -0.2) is 36.6 Å². The number of likely N-dealkylation sites (tertiary alicyclic amines) is 1. The number of amides is 1. The molecule has 22 heavy (non-hydrogen) atoms. The average Bonchev–Trinajstić information content (AvgIpc) is 3.19. The number of hydrogen-bond acceptors (Lipinski definition) is 3. The van der Waals surface area contributed by atoms with Crippen molar-refractivity contribution >= 4 is 17.2 Å². The predicted molar refractivity (Wildman–Crippen MR) is 90.3 cm³/mol. The van der Waals surface area contributed by atoms with Crippen molar-refractivity contribution in [2.24, 2.45) is 11.8 Å². The fraction of sp³-hybridized carbons (Fsp3) is 0.722. The Morgan fingerprint density at radius 1 is 1.36 bits per heavy atom. The molecule has 0 unspecified atom stereocenters. The Hall–Kier alpha value is -0.870. The molecule has 1 aliphatic carbocycles. The molecule has 0 N–H and O–H groups in total. The Morgan fingerprint density at radius 3 is 2.68 bits per heavy atom. The van der Waals surface area contributed by atoms with Crippen molar-refractivity contribution in [1.29, 1.82) is 0 Å². The summed E-state index contributed by atoms with van der Waals surface area (Å²) in [6.45, 7) is 9.06. The molecule has 2 fully saturated rings. The van der Waals surface area contributed by atoms with Gasteiger partial charge in [-0.2, -0.15) is 0 Å². The van der Waals surface area contributed by atoms with Gasteiger partial charge in [0.2, 0.25) is 5.91 Å². The predicted octanol–water partition coefficient (Wildman–Crippen LogP) is 3.82. The van der Waals surface area contributed by atoms with E-state index in [0.29, 0.717) is 23.8 Å². The molecule has 2 heterocycles. The van der Waals surface area contributed by atoms with Crippen molar-refractivity contribution < 1.29 is 9.53 Å². The molecule has 0 spiro atoms. The van der Waals surface area contributed by atoms with Crippen LogP contribution in [0.3, 0.4) is 0 Å². The van der Waals surface area contributed by atoms with Crippen LogP contribution in [0.1, 0.15) is 48.8 Å². The van der Waals surface area contributed by atoms with Crippen LogP contribution >= 0.6 is 11.3 Å². The zero-order valence-electron chi connectivity index (χ0n) is 13.9. The van der Waals surface area contributed by atoms with E-state index in [2.05, 4.69) is 37.8 Å². The summed E-state index contributed by atoms with van der Waals surface area (Å²) < 4.78 is 5.91. The van der Waals surface area contributed by atoms with E-state index in [1.165, 1.54) is 9.75 Å². The van der Waals surface area contributed by atoms with E-state index >= 15 is 0 Å². The van der Waals surface area contributed by atoms with Gasteiger partial charge in [-0.15, -0.1) is 11.3 Å². The molecule has 0 radical (unpaired) electrons. The molecule has 122 valence electrons. The maximum Gasteiger partial charge on any atom is 0.226 e. The number of ether oxygens (including phenoxy) is 1. The van der Waals surface area contributed by atoms with E-state index in [1.807, 2.05) is 11.3 Å². The topological polar surface area (TPSA) is 29.5 Å². The Morgan fingerprint density at radius 2 is 2.09 bits per heavy atom. The minimum absolute atomic E-state index is 0.242. The number of piperidine rings is 1. The second-order valence-electron chi connectivity index (χ2n) is 7.15. The normalized spacial score (nSPS) is 25.7. The second kappa shape index (κ2) is 6.71. The number of carbonyl (C=O) groups excluding carboxylic acids is 1. The molecule has 3 nitrogen and oxygen atoms in total. The van der Waals surface area contributed by atoms with Gasteiger partial charge in [-0.1, -0.05) is 13.8 Å². The largest absolute Gasteiger partial charge is 0.378 e. The molecular weight excluding hydrogens is 294 g/mol. The molecule has 1 aromatic heterocycles. The van der Waals surface area contributed by atoms with Gasteiger partial charge in [0.05, 0.1) is 6.10 Å². The van der Waals surface area contributed by atoms with Gasteiger partial charge in [0, 0.05) is 41.3 Å². The maximum absolute atomic E-state index is 12.6. The van der Waals surface area contributed by atoms with Gasteiger partial charge in [-0.25, -0.2) is 0 Å². The number of aryl methyl sites for hydroxylation is 1. The molecule has 0 bridgehead atoms. The van der Waals surface area contributed by atoms with Crippen LogP contribution < -0.4 is 0 Å². The van der Waals surface area contributed by atoms with Gasteiger partial charge < -0.3 is 9.64 Å². The summed E-state index contributed by atoms with van der Waals surface area (Å²) in [6, 6.07) is 4.36. The van der Waals surface area contributed by atoms with Crippen molar-refractivity contribution in [3.05, 3.63) is 21.9 Å². The Balaban J connectivity index is 1.45. The van der Waals surface area contributed by atoms with Gasteiger partial charge in [-0.05, 0) is 44.2 Å². The first-order valence-corrected chi connectivity index (χ1v) is 9.33. The van der Waals surface area contributed by atoms with Crippen molar-refractivity contribution in [3.63, 3.8) is 0 Å². The van der Waals surface area contributed by atoms with Crippen LogP contribution in [0.5, 0.6) is 0 Å². The van der Waals surface area contributed by atoms with E-state index in [4.69, 9.17) is 4.74 Å². The summed E-state index contributed by atoms with van der Waals surface area (Å²) in [6.07, 6.45) is 3.38. The molecule has 2 atom stereocenters. The monoisotopic (exact) mass is 321 g/mol. The summed E-state index contributed by atoms with van der Waals surface area (Å²) in [5, 5.41) is 0. The molecule has 1 saturated heterocycles. The molecular formula is C18H27NO2S. The van der Waals surface area contributed by atoms with Gasteiger partial charge in [0.15, 0.2) is 0 Å². The average molecular weight is 321 g/mol. The number of nitrogens with zero attached hydrogens (tertiary/aromatic N) is 1. The Labute approximate surface area is 137 Å². The van der Waals surface area contributed by atoms with Crippen molar-refractivity contribution in [3.8, 4) is 0 Å². The molecule has 1 aliphatic heterocycles. The van der Waals surface area contributed by atoms with Gasteiger partial charge in [-0.3, -0.25) is 4.79 Å². The minimum atomic E-state index is 0.242. The minimum Gasteiger partial charge on any atom is -0.378 e. The number of hydrogen-bond donors (Lipinski definition) is 0. The smallest absolute Gasteiger partial charge is 0.226 e. The van der Waals surface area contributed by atoms with Crippen LogP contribution in [-0.2, 0) is 9.53 Å². The number of thiophene rings is 1. The van der Waals surface area contributed by atoms with Crippen molar-refractivity contribution in [2.75, 3.05) is 19.7 Å². The molecule has 3 rings (SSSR count). The first kappa shape index (κ1) is 16.0. The first-order chi connectivity index (χ1) is 10.5. The lowest BCUT2D eigenvalue weighted by Crippen LogP contribution is -2.42. The molecule has 1 aromatic rings. The summed E-state index contributed by atoms with van der Waals surface area (Å²) in [4.78, 5) is 17.4. The fourth-order valence-electron chi connectivity index (χ4n) is 3.24. The summed E-state index contributed by atoms with van der Waals surface area (Å²) in [7, 11) is 0. The number of rotatable bonds is 5. The van der Waals surface area contributed by atoms with Crippen LogP contribution in [0.2, 0.25) is 0 Å². The van der Waals surface area contributed by atoms with E-state index in [-0.39, 0.29) is 5.92 Å². The summed E-state index contributed by atoms with van der Waals surface area (Å²) >= 11 is 1.85. The van der Waals surface area contributed by atoms with E-state index in [0.717, 1.165) is 39.0 Å². The lowest BCUT2D eigenvalue weighted by atomic mass is 10.1.